The molecule has 1 amide bonds. The van der Waals surface area contributed by atoms with E-state index >= 15 is 0 Å². The van der Waals surface area contributed by atoms with Gasteiger partial charge in [-0.25, -0.2) is 4.39 Å². The maximum atomic E-state index is 13.1. The molecule has 27 heavy (non-hydrogen) atoms. The number of amides is 1. The van der Waals surface area contributed by atoms with Crippen LogP contribution in [0, 0.1) is 5.82 Å². The summed E-state index contributed by atoms with van der Waals surface area (Å²) in [6.45, 7) is 0.566. The largest absolute Gasteiger partial charge is 0.373 e. The van der Waals surface area contributed by atoms with E-state index in [1.54, 1.807) is 12.1 Å². The van der Waals surface area contributed by atoms with Gasteiger partial charge in [0.05, 0.1) is 6.10 Å². The number of nitrogens with zero attached hydrogens (tertiary/aromatic N) is 1. The highest BCUT2D eigenvalue weighted by atomic mass is 19.1. The van der Waals surface area contributed by atoms with Gasteiger partial charge in [0.25, 0.3) is 5.91 Å². The molecule has 1 N–H and O–H groups in total. The first-order chi connectivity index (χ1) is 13.2. The molecule has 0 unspecified atom stereocenters. The van der Waals surface area contributed by atoms with Crippen molar-refractivity contribution >= 4 is 5.91 Å². The molecule has 1 saturated heterocycles. The maximum Gasteiger partial charge on any atom is 0.251 e. The first-order valence-corrected chi connectivity index (χ1v) is 9.10. The van der Waals surface area contributed by atoms with Crippen LogP contribution in [0.1, 0.15) is 34.9 Å². The van der Waals surface area contributed by atoms with Crippen molar-refractivity contribution in [1.29, 1.82) is 0 Å². The van der Waals surface area contributed by atoms with Gasteiger partial charge < -0.3 is 14.6 Å². The van der Waals surface area contributed by atoms with Crippen LogP contribution in [0.4, 0.5) is 4.39 Å². The fourth-order valence-corrected chi connectivity index (χ4v) is 3.42. The summed E-state index contributed by atoms with van der Waals surface area (Å²) in [7, 11) is 0. The Morgan fingerprint density at radius 1 is 1.07 bits per heavy atom. The number of benzene rings is 2. The molecule has 138 valence electrons. The van der Waals surface area contributed by atoms with E-state index < -0.39 is 0 Å². The number of hydrogen-bond acceptors (Lipinski definition) is 2. The van der Waals surface area contributed by atoms with Crippen LogP contribution in [0.15, 0.2) is 73.1 Å². The highest BCUT2D eigenvalue weighted by Gasteiger charge is 2.25. The molecule has 1 aliphatic rings. The van der Waals surface area contributed by atoms with Crippen LogP contribution in [-0.4, -0.2) is 23.1 Å². The zero-order valence-corrected chi connectivity index (χ0v) is 14.8. The minimum absolute atomic E-state index is 0.0246. The van der Waals surface area contributed by atoms with E-state index in [1.165, 1.54) is 12.1 Å². The number of hydrogen-bond donors (Lipinski definition) is 1. The van der Waals surface area contributed by atoms with Gasteiger partial charge in [-0.3, -0.25) is 4.79 Å². The van der Waals surface area contributed by atoms with E-state index in [2.05, 4.69) is 5.32 Å². The SMILES string of the molecule is O=C(N[C@H]1CCO[C@@H](c2ccc(F)cc2)C1)c1cccc(-n2cccc2)c1. The van der Waals surface area contributed by atoms with Crippen LogP contribution in [0.25, 0.3) is 5.69 Å². The van der Waals surface area contributed by atoms with Crippen LogP contribution >= 0.6 is 0 Å². The van der Waals surface area contributed by atoms with E-state index in [0.29, 0.717) is 18.6 Å². The molecule has 0 saturated carbocycles. The summed E-state index contributed by atoms with van der Waals surface area (Å²) in [5.74, 6) is -0.351. The van der Waals surface area contributed by atoms with Crippen molar-refractivity contribution in [1.82, 2.24) is 9.88 Å². The molecule has 2 heterocycles. The normalized spacial score (nSPS) is 19.6. The summed E-state index contributed by atoms with van der Waals surface area (Å²) in [4.78, 5) is 12.7. The van der Waals surface area contributed by atoms with Gasteiger partial charge in [-0.05, 0) is 60.9 Å². The van der Waals surface area contributed by atoms with Crippen molar-refractivity contribution in [2.24, 2.45) is 0 Å². The Morgan fingerprint density at radius 2 is 1.85 bits per heavy atom. The van der Waals surface area contributed by atoms with Gasteiger partial charge in [-0.2, -0.15) is 0 Å². The van der Waals surface area contributed by atoms with Gasteiger partial charge in [-0.15, -0.1) is 0 Å². The minimum atomic E-state index is -0.262. The third kappa shape index (κ3) is 4.09. The number of carbonyl (C=O) groups excluding carboxylic acids is 1. The summed E-state index contributed by atoms with van der Waals surface area (Å²) in [6.07, 6.45) is 5.21. The van der Waals surface area contributed by atoms with Crippen LogP contribution in [0.2, 0.25) is 0 Å². The second kappa shape index (κ2) is 7.76. The number of halogens is 1. The van der Waals surface area contributed by atoms with E-state index in [9.17, 15) is 9.18 Å². The Labute approximate surface area is 157 Å². The molecule has 1 fully saturated rings. The molecule has 0 radical (unpaired) electrons. The predicted molar refractivity (Wildman–Crippen MR) is 101 cm³/mol. The van der Waals surface area contributed by atoms with E-state index in [4.69, 9.17) is 4.74 Å². The van der Waals surface area contributed by atoms with Gasteiger partial charge in [-0.1, -0.05) is 18.2 Å². The molecular formula is C22H21FN2O2. The second-order valence-corrected chi connectivity index (χ2v) is 6.75. The number of ether oxygens (including phenoxy) is 1. The number of rotatable bonds is 4. The fourth-order valence-electron chi connectivity index (χ4n) is 3.42. The van der Waals surface area contributed by atoms with E-state index in [1.807, 2.05) is 53.4 Å². The van der Waals surface area contributed by atoms with Crippen molar-refractivity contribution in [2.75, 3.05) is 6.61 Å². The first kappa shape index (κ1) is 17.5. The molecule has 4 nitrogen and oxygen atoms in total. The summed E-state index contributed by atoms with van der Waals surface area (Å²) in [6, 6.07) is 17.8. The Morgan fingerprint density at radius 3 is 2.63 bits per heavy atom. The lowest BCUT2D eigenvalue weighted by atomic mass is 9.97. The average Bonchev–Trinajstić information content (AvgIpc) is 3.24. The number of aromatic nitrogens is 1. The molecule has 2 atom stereocenters. The fraction of sp³-hybridized carbons (Fsp3) is 0.227. The first-order valence-electron chi connectivity index (χ1n) is 9.10. The van der Waals surface area contributed by atoms with Crippen molar-refractivity contribution < 1.29 is 13.9 Å². The molecule has 4 rings (SSSR count). The lowest BCUT2D eigenvalue weighted by Gasteiger charge is -2.30. The van der Waals surface area contributed by atoms with Crippen LogP contribution in [0.5, 0.6) is 0 Å². The van der Waals surface area contributed by atoms with Gasteiger partial charge in [0.15, 0.2) is 0 Å². The standard InChI is InChI=1S/C22H21FN2O2/c23-18-8-6-16(7-9-18)21-15-19(10-13-27-21)24-22(26)17-4-3-5-20(14-17)25-11-1-2-12-25/h1-9,11-12,14,19,21H,10,13,15H2,(H,24,26)/t19-,21+/m0/s1. The van der Waals surface area contributed by atoms with Gasteiger partial charge >= 0.3 is 0 Å². The summed E-state index contributed by atoms with van der Waals surface area (Å²) in [5.41, 5.74) is 2.51. The molecule has 0 spiro atoms. The zero-order valence-electron chi connectivity index (χ0n) is 14.8. The smallest absolute Gasteiger partial charge is 0.251 e. The van der Waals surface area contributed by atoms with Crippen molar-refractivity contribution in [3.05, 3.63) is 90.0 Å². The Hall–Kier alpha value is -2.92. The van der Waals surface area contributed by atoms with Gasteiger partial charge in [0.2, 0.25) is 0 Å². The topological polar surface area (TPSA) is 43.3 Å². The van der Waals surface area contributed by atoms with E-state index in [-0.39, 0.29) is 23.9 Å². The van der Waals surface area contributed by atoms with Crippen molar-refractivity contribution in [3.8, 4) is 5.69 Å². The summed E-state index contributed by atoms with van der Waals surface area (Å²) in [5, 5.41) is 3.12. The van der Waals surface area contributed by atoms with Crippen LogP contribution in [-0.2, 0) is 4.74 Å². The maximum absolute atomic E-state index is 13.1. The Bertz CT molecular complexity index is 906. The Kier molecular flexibility index (Phi) is 5.03. The quantitative estimate of drug-likeness (QED) is 0.751. The minimum Gasteiger partial charge on any atom is -0.373 e. The third-order valence-electron chi connectivity index (χ3n) is 4.87. The number of carbonyl (C=O) groups is 1. The second-order valence-electron chi connectivity index (χ2n) is 6.75. The molecule has 0 aliphatic carbocycles. The van der Waals surface area contributed by atoms with Crippen LogP contribution in [0.3, 0.4) is 0 Å². The summed E-state index contributed by atoms with van der Waals surface area (Å²) >= 11 is 0. The molecule has 0 bridgehead atoms. The molecule has 3 aromatic rings. The molecular weight excluding hydrogens is 343 g/mol. The average molecular weight is 364 g/mol. The van der Waals surface area contributed by atoms with Crippen molar-refractivity contribution in [3.63, 3.8) is 0 Å². The van der Waals surface area contributed by atoms with Crippen molar-refractivity contribution in [2.45, 2.75) is 25.0 Å². The molecule has 1 aliphatic heterocycles. The summed E-state index contributed by atoms with van der Waals surface area (Å²) < 4.78 is 20.9. The number of nitrogens with one attached hydrogen (secondary N) is 1. The van der Waals surface area contributed by atoms with Crippen LogP contribution < -0.4 is 5.32 Å². The molecule has 5 heteroatoms. The van der Waals surface area contributed by atoms with Gasteiger partial charge in [0, 0.05) is 36.3 Å². The monoisotopic (exact) mass is 364 g/mol. The third-order valence-corrected chi connectivity index (χ3v) is 4.87. The molecule has 1 aromatic heterocycles. The molecule has 2 aromatic carbocycles. The van der Waals surface area contributed by atoms with Gasteiger partial charge in [0.1, 0.15) is 5.82 Å². The Balaban J connectivity index is 1.43. The lowest BCUT2D eigenvalue weighted by Crippen LogP contribution is -2.39. The highest BCUT2D eigenvalue weighted by molar-refractivity contribution is 5.94. The predicted octanol–water partition coefficient (Wildman–Crippen LogP) is 4.27. The highest BCUT2D eigenvalue weighted by Crippen LogP contribution is 2.28. The van der Waals surface area contributed by atoms with E-state index in [0.717, 1.165) is 17.7 Å². The lowest BCUT2D eigenvalue weighted by molar-refractivity contribution is 0.000875. The zero-order chi connectivity index (χ0) is 18.6.